The second kappa shape index (κ2) is 8.48. The van der Waals surface area contributed by atoms with Crippen LogP contribution in [0.2, 0.25) is 5.02 Å². The third-order valence-electron chi connectivity index (χ3n) is 3.61. The summed E-state index contributed by atoms with van der Waals surface area (Å²) >= 11 is 6.01. The number of halogens is 1. The zero-order valence-corrected chi connectivity index (χ0v) is 15.1. The van der Waals surface area contributed by atoms with Crippen molar-refractivity contribution in [1.29, 1.82) is 0 Å². The van der Waals surface area contributed by atoms with Gasteiger partial charge in [-0.25, -0.2) is 9.97 Å². The second-order valence-electron chi connectivity index (χ2n) is 5.40. The maximum Gasteiger partial charge on any atom is 0.353 e. The van der Waals surface area contributed by atoms with Gasteiger partial charge < -0.3 is 15.0 Å². The van der Waals surface area contributed by atoms with Crippen LogP contribution in [0.25, 0.3) is 0 Å². The molecule has 0 unspecified atom stereocenters. The predicted molar refractivity (Wildman–Crippen MR) is 98.2 cm³/mol. The Labute approximate surface area is 150 Å². The Morgan fingerprint density at radius 3 is 2.80 bits per heavy atom. The number of nitrogens with one attached hydrogen (secondary N) is 1. The van der Waals surface area contributed by atoms with Crippen molar-refractivity contribution in [3.8, 4) is 5.75 Å². The van der Waals surface area contributed by atoms with Crippen molar-refractivity contribution in [3.63, 3.8) is 0 Å². The Hall–Kier alpha value is -2.61. The summed E-state index contributed by atoms with van der Waals surface area (Å²) in [5.74, 6) is 0.842. The second-order valence-corrected chi connectivity index (χ2v) is 5.83. The number of unbranched alkanes of at least 4 members (excludes halogenated alkanes) is 1. The van der Waals surface area contributed by atoms with Crippen LogP contribution >= 0.6 is 11.6 Å². The number of anilines is 3. The first-order chi connectivity index (χ1) is 12.0. The number of hydrogen-bond donors (Lipinski definition) is 1. The van der Waals surface area contributed by atoms with Gasteiger partial charge in [-0.15, -0.1) is 0 Å². The molecular formula is C16H20ClN5O3. The first-order valence-electron chi connectivity index (χ1n) is 7.79. The summed E-state index contributed by atoms with van der Waals surface area (Å²) in [6, 6.07) is 4.96. The fourth-order valence-corrected chi connectivity index (χ4v) is 2.49. The van der Waals surface area contributed by atoms with E-state index in [2.05, 4.69) is 22.2 Å². The standard InChI is InChI=1S/C16H20ClN5O3/c1-4-5-8-21(2)16-14(22(23)24)15(18-10-19-16)20-12-9-11(17)6-7-13(12)25-3/h6-7,9-10H,4-5,8H2,1-3H3,(H,18,19,20). The van der Waals surface area contributed by atoms with Crippen molar-refractivity contribution in [1.82, 2.24) is 9.97 Å². The molecule has 9 heteroatoms. The minimum atomic E-state index is -0.489. The van der Waals surface area contributed by atoms with Crippen LogP contribution in [0, 0.1) is 10.1 Å². The molecular weight excluding hydrogens is 346 g/mol. The third-order valence-corrected chi connectivity index (χ3v) is 3.84. The summed E-state index contributed by atoms with van der Waals surface area (Å²) in [6.07, 6.45) is 3.18. The van der Waals surface area contributed by atoms with Crippen LogP contribution in [0.3, 0.4) is 0 Å². The first-order valence-corrected chi connectivity index (χ1v) is 8.16. The van der Waals surface area contributed by atoms with E-state index in [1.165, 1.54) is 13.4 Å². The van der Waals surface area contributed by atoms with Gasteiger partial charge in [0.2, 0.25) is 11.6 Å². The fourth-order valence-electron chi connectivity index (χ4n) is 2.32. The average Bonchev–Trinajstić information content (AvgIpc) is 2.59. The normalized spacial score (nSPS) is 10.4. The molecule has 0 spiro atoms. The summed E-state index contributed by atoms with van der Waals surface area (Å²) in [4.78, 5) is 21.0. The monoisotopic (exact) mass is 365 g/mol. The van der Waals surface area contributed by atoms with Crippen LogP contribution in [-0.2, 0) is 0 Å². The SMILES string of the molecule is CCCCN(C)c1ncnc(Nc2cc(Cl)ccc2OC)c1[N+](=O)[O-]. The van der Waals surface area contributed by atoms with Crippen molar-refractivity contribution in [2.45, 2.75) is 19.8 Å². The molecule has 0 bridgehead atoms. The largest absolute Gasteiger partial charge is 0.495 e. The van der Waals surface area contributed by atoms with Gasteiger partial charge in [0.25, 0.3) is 0 Å². The topological polar surface area (TPSA) is 93.4 Å². The van der Waals surface area contributed by atoms with E-state index in [-0.39, 0.29) is 17.3 Å². The van der Waals surface area contributed by atoms with Crippen molar-refractivity contribution in [2.24, 2.45) is 0 Å². The number of rotatable bonds is 8. The van der Waals surface area contributed by atoms with Crippen molar-refractivity contribution in [3.05, 3.63) is 39.7 Å². The highest BCUT2D eigenvalue weighted by Gasteiger charge is 2.26. The molecule has 1 N–H and O–H groups in total. The van der Waals surface area contributed by atoms with Gasteiger partial charge >= 0.3 is 5.69 Å². The molecule has 0 saturated heterocycles. The Balaban J connectivity index is 2.45. The lowest BCUT2D eigenvalue weighted by atomic mass is 10.2. The number of benzene rings is 1. The number of methoxy groups -OCH3 is 1. The Morgan fingerprint density at radius 1 is 1.40 bits per heavy atom. The van der Waals surface area contributed by atoms with E-state index in [0.29, 0.717) is 23.0 Å². The number of nitro groups is 1. The highest BCUT2D eigenvalue weighted by molar-refractivity contribution is 6.31. The minimum Gasteiger partial charge on any atom is -0.495 e. The van der Waals surface area contributed by atoms with E-state index in [9.17, 15) is 10.1 Å². The summed E-state index contributed by atoms with van der Waals surface area (Å²) in [7, 11) is 3.28. The maximum atomic E-state index is 11.6. The molecule has 134 valence electrons. The Bertz CT molecular complexity index is 757. The average molecular weight is 366 g/mol. The smallest absolute Gasteiger partial charge is 0.353 e. The molecule has 25 heavy (non-hydrogen) atoms. The first kappa shape index (κ1) is 18.7. The summed E-state index contributed by atoms with van der Waals surface area (Å²) in [5, 5.41) is 15.0. The van der Waals surface area contributed by atoms with Gasteiger partial charge in [0.1, 0.15) is 12.1 Å². The highest BCUT2D eigenvalue weighted by Crippen LogP contribution is 2.36. The molecule has 1 aromatic carbocycles. The van der Waals surface area contributed by atoms with Gasteiger partial charge in [0.15, 0.2) is 0 Å². The molecule has 2 rings (SSSR count). The van der Waals surface area contributed by atoms with E-state index in [0.717, 1.165) is 12.8 Å². The van der Waals surface area contributed by atoms with E-state index in [1.54, 1.807) is 30.1 Å². The van der Waals surface area contributed by atoms with Gasteiger partial charge in [-0.3, -0.25) is 10.1 Å². The van der Waals surface area contributed by atoms with E-state index in [4.69, 9.17) is 16.3 Å². The lowest BCUT2D eigenvalue weighted by Gasteiger charge is -2.18. The zero-order valence-electron chi connectivity index (χ0n) is 14.3. The summed E-state index contributed by atoms with van der Waals surface area (Å²) in [5.41, 5.74) is 0.294. The van der Waals surface area contributed by atoms with Gasteiger partial charge in [-0.1, -0.05) is 24.9 Å². The molecule has 2 aromatic rings. The van der Waals surface area contributed by atoms with Crippen LogP contribution < -0.4 is 15.0 Å². The van der Waals surface area contributed by atoms with E-state index in [1.807, 2.05) is 0 Å². The molecule has 0 aliphatic rings. The quantitative estimate of drug-likeness (QED) is 0.557. The lowest BCUT2D eigenvalue weighted by Crippen LogP contribution is -2.21. The number of nitrogens with zero attached hydrogens (tertiary/aromatic N) is 4. The lowest BCUT2D eigenvalue weighted by molar-refractivity contribution is -0.383. The number of hydrogen-bond acceptors (Lipinski definition) is 7. The van der Waals surface area contributed by atoms with E-state index < -0.39 is 4.92 Å². The van der Waals surface area contributed by atoms with Crippen molar-refractivity contribution < 1.29 is 9.66 Å². The fraction of sp³-hybridized carbons (Fsp3) is 0.375. The van der Waals surface area contributed by atoms with Crippen LogP contribution in [0.5, 0.6) is 5.75 Å². The predicted octanol–water partition coefficient (Wildman–Crippen LogP) is 4.03. The molecule has 8 nitrogen and oxygen atoms in total. The zero-order chi connectivity index (χ0) is 18.4. The van der Waals surface area contributed by atoms with Crippen LogP contribution in [0.4, 0.5) is 23.0 Å². The van der Waals surface area contributed by atoms with Crippen molar-refractivity contribution in [2.75, 3.05) is 30.9 Å². The number of ether oxygens (including phenoxy) is 1. The van der Waals surface area contributed by atoms with Crippen LogP contribution in [-0.4, -0.2) is 35.6 Å². The van der Waals surface area contributed by atoms with Gasteiger partial charge in [-0.05, 0) is 24.6 Å². The summed E-state index contributed by atoms with van der Waals surface area (Å²) < 4.78 is 5.26. The molecule has 0 amide bonds. The van der Waals surface area contributed by atoms with Crippen LogP contribution in [0.1, 0.15) is 19.8 Å². The molecule has 1 aromatic heterocycles. The third kappa shape index (κ3) is 4.48. The van der Waals surface area contributed by atoms with Gasteiger partial charge in [0.05, 0.1) is 17.7 Å². The highest BCUT2D eigenvalue weighted by atomic mass is 35.5. The van der Waals surface area contributed by atoms with Gasteiger partial charge in [-0.2, -0.15) is 0 Å². The Kier molecular flexibility index (Phi) is 6.35. The Morgan fingerprint density at radius 2 is 2.16 bits per heavy atom. The maximum absolute atomic E-state index is 11.6. The minimum absolute atomic E-state index is 0.0823. The van der Waals surface area contributed by atoms with Crippen molar-refractivity contribution >= 4 is 34.6 Å². The molecule has 1 heterocycles. The summed E-state index contributed by atoms with van der Waals surface area (Å²) in [6.45, 7) is 2.72. The molecule has 0 radical (unpaired) electrons. The molecule has 0 atom stereocenters. The molecule has 0 fully saturated rings. The molecule has 0 saturated carbocycles. The van der Waals surface area contributed by atoms with Gasteiger partial charge in [0, 0.05) is 18.6 Å². The van der Waals surface area contributed by atoms with E-state index >= 15 is 0 Å². The molecule has 0 aliphatic carbocycles. The van der Waals surface area contributed by atoms with Crippen LogP contribution in [0.15, 0.2) is 24.5 Å². The number of aromatic nitrogens is 2. The molecule has 0 aliphatic heterocycles.